The summed E-state index contributed by atoms with van der Waals surface area (Å²) in [6, 6.07) is 6.62. The van der Waals surface area contributed by atoms with E-state index in [9.17, 15) is 4.79 Å². The molecular formula is C18H28N2O. The van der Waals surface area contributed by atoms with Crippen molar-refractivity contribution in [3.63, 3.8) is 0 Å². The fraction of sp³-hybridized carbons (Fsp3) is 0.611. The highest BCUT2D eigenvalue weighted by atomic mass is 16.1. The van der Waals surface area contributed by atoms with Crippen LogP contribution in [0.1, 0.15) is 61.8 Å². The summed E-state index contributed by atoms with van der Waals surface area (Å²) in [5.41, 5.74) is 9.81. The van der Waals surface area contributed by atoms with Crippen LogP contribution in [0.4, 0.5) is 0 Å². The van der Waals surface area contributed by atoms with E-state index in [1.54, 1.807) is 0 Å². The van der Waals surface area contributed by atoms with E-state index in [2.05, 4.69) is 44.3 Å². The van der Waals surface area contributed by atoms with Crippen LogP contribution in [0.25, 0.3) is 0 Å². The first kappa shape index (κ1) is 16.0. The average molecular weight is 288 g/mol. The third kappa shape index (κ3) is 4.31. The Morgan fingerprint density at radius 2 is 2.05 bits per heavy atom. The molecule has 3 N–H and O–H groups in total. The zero-order valence-corrected chi connectivity index (χ0v) is 13.5. The Balaban J connectivity index is 1.92. The van der Waals surface area contributed by atoms with Gasteiger partial charge in [0.2, 0.25) is 5.91 Å². The lowest BCUT2D eigenvalue weighted by atomic mass is 9.83. The molecule has 0 aromatic heterocycles. The number of carbonyl (C=O) groups is 1. The smallest absolute Gasteiger partial charge is 0.220 e. The number of benzene rings is 1. The summed E-state index contributed by atoms with van der Waals surface area (Å²) in [7, 11) is 0. The summed E-state index contributed by atoms with van der Waals surface area (Å²) in [5, 5.41) is 3.13. The van der Waals surface area contributed by atoms with Crippen LogP contribution >= 0.6 is 0 Å². The largest absolute Gasteiger partial charge is 0.350 e. The molecule has 3 heteroatoms. The molecule has 0 radical (unpaired) electrons. The maximum atomic E-state index is 12.3. The molecule has 1 aromatic rings. The molecule has 2 rings (SSSR count). The van der Waals surface area contributed by atoms with Crippen molar-refractivity contribution in [3.8, 4) is 0 Å². The van der Waals surface area contributed by atoms with Gasteiger partial charge in [0.25, 0.3) is 0 Å². The second kappa shape index (κ2) is 7.08. The number of hydrogen-bond acceptors (Lipinski definition) is 2. The van der Waals surface area contributed by atoms with E-state index in [-0.39, 0.29) is 18.0 Å². The lowest BCUT2D eigenvalue weighted by Gasteiger charge is -2.28. The Morgan fingerprint density at radius 1 is 1.33 bits per heavy atom. The summed E-state index contributed by atoms with van der Waals surface area (Å²) in [6.45, 7) is 6.24. The van der Waals surface area contributed by atoms with E-state index in [0.717, 1.165) is 12.8 Å². The topological polar surface area (TPSA) is 55.1 Å². The highest BCUT2D eigenvalue weighted by Gasteiger charge is 2.24. The van der Waals surface area contributed by atoms with Gasteiger partial charge in [-0.1, -0.05) is 36.6 Å². The number of nitrogens with two attached hydrogens (primary N) is 1. The van der Waals surface area contributed by atoms with Crippen molar-refractivity contribution in [2.45, 2.75) is 65.0 Å². The molecule has 1 aromatic carbocycles. The minimum atomic E-state index is 0.0536. The van der Waals surface area contributed by atoms with Crippen molar-refractivity contribution >= 4 is 5.91 Å². The molecule has 3 atom stereocenters. The highest BCUT2D eigenvalue weighted by molar-refractivity contribution is 5.76. The standard InChI is InChI=1S/C18H28N2O/c1-12-8-9-16(13(2)10-12)14(3)20-18(21)11-15-6-4-5-7-17(15)19/h8-10,14-15,17H,4-7,11,19H2,1-3H3,(H,20,21). The van der Waals surface area contributed by atoms with Crippen LogP contribution in [0, 0.1) is 19.8 Å². The van der Waals surface area contributed by atoms with Gasteiger partial charge >= 0.3 is 0 Å². The quantitative estimate of drug-likeness (QED) is 0.892. The zero-order valence-electron chi connectivity index (χ0n) is 13.5. The summed E-state index contributed by atoms with van der Waals surface area (Å²) < 4.78 is 0. The number of aryl methyl sites for hydroxylation is 2. The molecule has 0 saturated heterocycles. The second-order valence-corrected chi connectivity index (χ2v) is 6.56. The Morgan fingerprint density at radius 3 is 2.71 bits per heavy atom. The SMILES string of the molecule is Cc1ccc(C(C)NC(=O)CC2CCCCC2N)c(C)c1. The van der Waals surface area contributed by atoms with Crippen molar-refractivity contribution in [2.75, 3.05) is 0 Å². The molecule has 1 saturated carbocycles. The zero-order chi connectivity index (χ0) is 15.4. The highest BCUT2D eigenvalue weighted by Crippen LogP contribution is 2.26. The van der Waals surface area contributed by atoms with Gasteiger partial charge < -0.3 is 11.1 Å². The van der Waals surface area contributed by atoms with Gasteiger partial charge in [-0.15, -0.1) is 0 Å². The summed E-state index contributed by atoms with van der Waals surface area (Å²) in [4.78, 5) is 12.3. The van der Waals surface area contributed by atoms with Gasteiger partial charge in [0.1, 0.15) is 0 Å². The Hall–Kier alpha value is -1.35. The van der Waals surface area contributed by atoms with E-state index in [1.807, 2.05) is 0 Å². The van der Waals surface area contributed by atoms with E-state index < -0.39 is 0 Å². The molecule has 0 bridgehead atoms. The van der Waals surface area contributed by atoms with Crippen molar-refractivity contribution in [2.24, 2.45) is 11.7 Å². The van der Waals surface area contributed by atoms with Gasteiger partial charge in [-0.25, -0.2) is 0 Å². The fourth-order valence-corrected chi connectivity index (χ4v) is 3.42. The van der Waals surface area contributed by atoms with Crippen LogP contribution in [0.2, 0.25) is 0 Å². The molecule has 1 amide bonds. The van der Waals surface area contributed by atoms with Gasteiger partial charge in [-0.05, 0) is 50.7 Å². The Kier molecular flexibility index (Phi) is 5.40. The maximum Gasteiger partial charge on any atom is 0.220 e. The van der Waals surface area contributed by atoms with Gasteiger partial charge in [0.15, 0.2) is 0 Å². The summed E-state index contributed by atoms with van der Waals surface area (Å²) in [5.74, 6) is 0.481. The minimum absolute atomic E-state index is 0.0536. The summed E-state index contributed by atoms with van der Waals surface area (Å²) >= 11 is 0. The predicted octanol–water partition coefficient (Wildman–Crippen LogP) is 3.39. The third-order valence-corrected chi connectivity index (χ3v) is 4.68. The molecule has 3 nitrogen and oxygen atoms in total. The second-order valence-electron chi connectivity index (χ2n) is 6.56. The monoisotopic (exact) mass is 288 g/mol. The van der Waals surface area contributed by atoms with Crippen LogP contribution in [0.5, 0.6) is 0 Å². The van der Waals surface area contributed by atoms with Gasteiger partial charge in [0, 0.05) is 12.5 Å². The molecule has 0 heterocycles. The van der Waals surface area contributed by atoms with Crippen LogP contribution in [0.3, 0.4) is 0 Å². The molecule has 0 spiro atoms. The van der Waals surface area contributed by atoms with Crippen LogP contribution < -0.4 is 11.1 Å². The molecule has 116 valence electrons. The molecular weight excluding hydrogens is 260 g/mol. The minimum Gasteiger partial charge on any atom is -0.350 e. The van der Waals surface area contributed by atoms with E-state index in [4.69, 9.17) is 5.73 Å². The number of rotatable bonds is 4. The third-order valence-electron chi connectivity index (χ3n) is 4.68. The summed E-state index contributed by atoms with van der Waals surface area (Å²) in [6.07, 6.45) is 5.13. The van der Waals surface area contributed by atoms with E-state index in [1.165, 1.54) is 29.5 Å². The number of amides is 1. The average Bonchev–Trinajstić information content (AvgIpc) is 2.41. The first-order chi connectivity index (χ1) is 9.97. The number of hydrogen-bond donors (Lipinski definition) is 2. The van der Waals surface area contributed by atoms with Crippen LogP contribution in [-0.4, -0.2) is 11.9 Å². The fourth-order valence-electron chi connectivity index (χ4n) is 3.42. The Bertz CT molecular complexity index is 498. The lowest BCUT2D eigenvalue weighted by molar-refractivity contribution is -0.123. The number of carbonyl (C=O) groups excluding carboxylic acids is 1. The van der Waals surface area contributed by atoms with E-state index >= 15 is 0 Å². The van der Waals surface area contributed by atoms with Crippen molar-refractivity contribution in [1.29, 1.82) is 0 Å². The van der Waals surface area contributed by atoms with E-state index in [0.29, 0.717) is 12.3 Å². The van der Waals surface area contributed by atoms with Crippen molar-refractivity contribution in [1.82, 2.24) is 5.32 Å². The number of nitrogens with one attached hydrogen (secondary N) is 1. The van der Waals surface area contributed by atoms with Gasteiger partial charge in [-0.3, -0.25) is 4.79 Å². The lowest BCUT2D eigenvalue weighted by Crippen LogP contribution is -2.37. The molecule has 1 aliphatic carbocycles. The van der Waals surface area contributed by atoms with Crippen molar-refractivity contribution < 1.29 is 4.79 Å². The molecule has 21 heavy (non-hydrogen) atoms. The molecule has 0 aliphatic heterocycles. The van der Waals surface area contributed by atoms with Gasteiger partial charge in [-0.2, -0.15) is 0 Å². The van der Waals surface area contributed by atoms with Gasteiger partial charge in [0.05, 0.1) is 6.04 Å². The normalized spacial score (nSPS) is 23.6. The molecule has 3 unspecified atom stereocenters. The maximum absolute atomic E-state index is 12.3. The first-order valence-corrected chi connectivity index (χ1v) is 8.09. The predicted molar refractivity (Wildman–Crippen MR) is 87.0 cm³/mol. The van der Waals surface area contributed by atoms with Crippen LogP contribution in [-0.2, 0) is 4.79 Å². The molecule has 1 fully saturated rings. The molecule has 1 aliphatic rings. The Labute approximate surface area is 128 Å². The van der Waals surface area contributed by atoms with Crippen LogP contribution in [0.15, 0.2) is 18.2 Å². The first-order valence-electron chi connectivity index (χ1n) is 8.09. The van der Waals surface area contributed by atoms with Crippen molar-refractivity contribution in [3.05, 3.63) is 34.9 Å².